The van der Waals surface area contributed by atoms with Crippen molar-refractivity contribution in [1.82, 2.24) is 14.5 Å². The fraction of sp³-hybridized carbons (Fsp3) is 0.0794. The summed E-state index contributed by atoms with van der Waals surface area (Å²) in [4.78, 5) is 10.6. The molecule has 0 fully saturated rings. The lowest BCUT2D eigenvalue weighted by Gasteiger charge is -2.25. The van der Waals surface area contributed by atoms with Crippen molar-refractivity contribution in [3.05, 3.63) is 245 Å². The predicted octanol–water partition coefficient (Wildman–Crippen LogP) is 15.0. The van der Waals surface area contributed by atoms with Crippen LogP contribution in [0.15, 0.2) is 216 Å². The summed E-state index contributed by atoms with van der Waals surface area (Å²) in [6.07, 6.45) is 12.2. The summed E-state index contributed by atoms with van der Waals surface area (Å²) >= 11 is 0. The zero-order valence-corrected chi connectivity index (χ0v) is 37.3. The van der Waals surface area contributed by atoms with Gasteiger partial charge in [0.2, 0.25) is 0 Å². The second-order valence-corrected chi connectivity index (χ2v) is 18.5. The molecule has 2 aliphatic carbocycles. The molecule has 9 aromatic carbocycles. The zero-order valence-electron chi connectivity index (χ0n) is 37.3. The summed E-state index contributed by atoms with van der Waals surface area (Å²) in [5.74, 6) is 1.61. The Balaban J connectivity index is 0.915. The van der Waals surface area contributed by atoms with Crippen LogP contribution in [0, 0.1) is 0 Å². The standard InChI is InChI=1S/C63H45N5/c1-3-15-40(16-4-1)42-23-13-25-48(33-42)62-64-61(41-17-5-2-6-18-41)65-63(66-62)49-29-31-51-47(34-49)24-14-28-56(51)68-59-38-46-22-10-8-20-44(46)36-55(59)53-32-30-50(39-60(53)68)67-57-27-12-11-26-52(57)54-35-43-19-7-9-21-45(43)37-58(54)67/h1-10,12-25,27-38,50,63H,11,26,39H2,(H,64,65,66). The molecule has 0 radical (unpaired) electrons. The number of hydrogen-bond donors (Lipinski definition) is 1. The topological polar surface area (TPSA) is 46.6 Å². The van der Waals surface area contributed by atoms with Crippen LogP contribution in [0.2, 0.25) is 0 Å². The Labute approximate surface area is 394 Å². The Morgan fingerprint density at radius 3 is 1.90 bits per heavy atom. The smallest absolute Gasteiger partial charge is 0.169 e. The predicted molar refractivity (Wildman–Crippen MR) is 284 cm³/mol. The highest BCUT2D eigenvalue weighted by atomic mass is 15.2. The van der Waals surface area contributed by atoms with Crippen LogP contribution in [0.25, 0.3) is 83.1 Å². The Morgan fingerprint density at radius 2 is 1.12 bits per heavy atom. The highest BCUT2D eigenvalue weighted by molar-refractivity contribution is 6.16. The average molecular weight is 872 g/mol. The van der Waals surface area contributed by atoms with Gasteiger partial charge in [0.25, 0.3) is 0 Å². The molecule has 0 saturated heterocycles. The van der Waals surface area contributed by atoms with Crippen LogP contribution in [0.1, 0.15) is 57.8 Å². The number of rotatable bonds is 6. The molecule has 14 rings (SSSR count). The number of aromatic nitrogens is 2. The quantitative estimate of drug-likeness (QED) is 0.178. The summed E-state index contributed by atoms with van der Waals surface area (Å²) in [5, 5.41) is 13.7. The number of fused-ring (bicyclic) bond motifs is 9. The molecular formula is C63H45N5. The number of amidine groups is 2. The minimum Gasteiger partial charge on any atom is -0.333 e. The molecule has 2 aromatic heterocycles. The number of nitrogens with one attached hydrogen (secondary N) is 1. The van der Waals surface area contributed by atoms with Gasteiger partial charge in [-0.3, -0.25) is 0 Å². The van der Waals surface area contributed by atoms with Crippen LogP contribution in [0.4, 0.5) is 0 Å². The first-order chi connectivity index (χ1) is 33.7. The summed E-state index contributed by atoms with van der Waals surface area (Å²) in [6, 6.07) is 70.5. The van der Waals surface area contributed by atoms with E-state index in [2.05, 4.69) is 227 Å². The van der Waals surface area contributed by atoms with Crippen molar-refractivity contribution in [3.8, 4) is 16.8 Å². The molecule has 68 heavy (non-hydrogen) atoms. The van der Waals surface area contributed by atoms with Gasteiger partial charge in [-0.1, -0.05) is 170 Å². The molecule has 3 aliphatic rings. The normalized spacial score (nSPS) is 16.5. The molecule has 2 atom stereocenters. The Kier molecular flexibility index (Phi) is 8.84. The maximum absolute atomic E-state index is 5.34. The van der Waals surface area contributed by atoms with E-state index in [1.807, 2.05) is 6.07 Å². The van der Waals surface area contributed by atoms with Crippen molar-refractivity contribution in [2.75, 3.05) is 0 Å². The van der Waals surface area contributed by atoms with Crippen LogP contribution in [0.3, 0.4) is 0 Å². The van der Waals surface area contributed by atoms with Gasteiger partial charge in [0.05, 0.1) is 17.2 Å². The number of benzene rings is 9. The van der Waals surface area contributed by atoms with Crippen LogP contribution < -0.4 is 5.32 Å². The number of hydrogen-bond acceptors (Lipinski definition) is 3. The van der Waals surface area contributed by atoms with Crippen molar-refractivity contribution in [3.63, 3.8) is 0 Å². The van der Waals surface area contributed by atoms with Gasteiger partial charge >= 0.3 is 0 Å². The molecule has 11 aromatic rings. The van der Waals surface area contributed by atoms with Crippen LogP contribution in [-0.4, -0.2) is 20.8 Å². The maximum atomic E-state index is 5.34. The number of allylic oxidation sites excluding steroid dienone is 2. The number of aliphatic imine (C=N–C) groups is 2. The van der Waals surface area contributed by atoms with Gasteiger partial charge in [0, 0.05) is 56.2 Å². The summed E-state index contributed by atoms with van der Waals surface area (Å²) < 4.78 is 5.21. The maximum Gasteiger partial charge on any atom is 0.169 e. The summed E-state index contributed by atoms with van der Waals surface area (Å²) in [5.41, 5.74) is 14.6. The Hall–Kier alpha value is -8.54. The van der Waals surface area contributed by atoms with Gasteiger partial charge in [0.15, 0.2) is 6.17 Å². The third kappa shape index (κ3) is 6.30. The van der Waals surface area contributed by atoms with E-state index in [0.717, 1.165) is 58.6 Å². The van der Waals surface area contributed by atoms with Crippen molar-refractivity contribution in [2.24, 2.45) is 9.98 Å². The molecule has 0 spiro atoms. The SMILES string of the molecule is C1=Cc2c(c3cc4ccccc4cc3n2C2C=Cc3c(n(-c4cccc5cc(C6N=C(c7ccccc7)NC(c7cccc(-c8ccccc8)c7)=N6)ccc45)c4cc5ccccc5cc34)C2)CC1. The van der Waals surface area contributed by atoms with E-state index in [-0.39, 0.29) is 6.04 Å². The van der Waals surface area contributed by atoms with Gasteiger partial charge in [-0.25, -0.2) is 9.98 Å². The summed E-state index contributed by atoms with van der Waals surface area (Å²) in [7, 11) is 0. The van der Waals surface area contributed by atoms with Gasteiger partial charge in [-0.2, -0.15) is 0 Å². The van der Waals surface area contributed by atoms with E-state index in [9.17, 15) is 0 Å². The van der Waals surface area contributed by atoms with Crippen LogP contribution in [-0.2, 0) is 12.8 Å². The van der Waals surface area contributed by atoms with Gasteiger partial charge in [-0.05, 0) is 111 Å². The van der Waals surface area contributed by atoms with Crippen molar-refractivity contribution < 1.29 is 0 Å². The average Bonchev–Trinajstić information content (AvgIpc) is 3.90. The lowest BCUT2D eigenvalue weighted by Crippen LogP contribution is -2.36. The molecule has 5 heteroatoms. The van der Waals surface area contributed by atoms with Crippen molar-refractivity contribution in [2.45, 2.75) is 31.5 Å². The highest BCUT2D eigenvalue weighted by Gasteiger charge is 2.29. The third-order valence-electron chi connectivity index (χ3n) is 14.5. The second-order valence-electron chi connectivity index (χ2n) is 18.5. The van der Waals surface area contributed by atoms with E-state index in [4.69, 9.17) is 9.98 Å². The first-order valence-electron chi connectivity index (χ1n) is 23.8. The van der Waals surface area contributed by atoms with Gasteiger partial charge in [0.1, 0.15) is 11.7 Å². The van der Waals surface area contributed by atoms with Gasteiger partial charge < -0.3 is 14.5 Å². The molecule has 322 valence electrons. The lowest BCUT2D eigenvalue weighted by molar-refractivity contribution is 0.598. The lowest BCUT2D eigenvalue weighted by atomic mass is 9.96. The van der Waals surface area contributed by atoms with Gasteiger partial charge in [-0.15, -0.1) is 0 Å². The molecule has 1 aliphatic heterocycles. The minimum atomic E-state index is -0.444. The van der Waals surface area contributed by atoms with E-state index in [0.29, 0.717) is 0 Å². The Bertz CT molecular complexity index is 3980. The molecule has 0 bridgehead atoms. The second kappa shape index (κ2) is 15.5. The van der Waals surface area contributed by atoms with Crippen molar-refractivity contribution in [1.29, 1.82) is 0 Å². The fourth-order valence-electron chi connectivity index (χ4n) is 11.3. The van der Waals surface area contributed by atoms with Crippen LogP contribution >= 0.6 is 0 Å². The van der Waals surface area contributed by atoms with E-state index in [1.165, 1.54) is 82.5 Å². The van der Waals surface area contributed by atoms with Crippen LogP contribution in [0.5, 0.6) is 0 Å². The Morgan fingerprint density at radius 1 is 0.485 bits per heavy atom. The molecule has 5 nitrogen and oxygen atoms in total. The molecule has 0 amide bonds. The minimum absolute atomic E-state index is 0.133. The van der Waals surface area contributed by atoms with Crippen molar-refractivity contribution >= 4 is 77.9 Å². The third-order valence-corrected chi connectivity index (χ3v) is 14.5. The monoisotopic (exact) mass is 871 g/mol. The van der Waals surface area contributed by atoms with E-state index >= 15 is 0 Å². The molecule has 0 saturated carbocycles. The summed E-state index contributed by atoms with van der Waals surface area (Å²) in [6.45, 7) is 0. The van der Waals surface area contributed by atoms with E-state index in [1.54, 1.807) is 0 Å². The highest BCUT2D eigenvalue weighted by Crippen LogP contribution is 2.44. The zero-order chi connectivity index (χ0) is 44.7. The first-order valence-corrected chi connectivity index (χ1v) is 23.8. The number of nitrogens with zero attached hydrogens (tertiary/aromatic N) is 4. The fourth-order valence-corrected chi connectivity index (χ4v) is 11.3. The number of aryl methyl sites for hydroxylation is 1. The largest absolute Gasteiger partial charge is 0.333 e. The molecular weight excluding hydrogens is 827 g/mol. The van der Waals surface area contributed by atoms with E-state index < -0.39 is 6.17 Å². The molecule has 3 heterocycles. The first kappa shape index (κ1) is 38.7. The molecule has 2 unspecified atom stereocenters. The molecule has 1 N–H and O–H groups in total.